The second-order valence-electron chi connectivity index (χ2n) is 6.09. The van der Waals surface area contributed by atoms with Gasteiger partial charge < -0.3 is 5.32 Å². The molecule has 1 heterocycles. The monoisotopic (exact) mass is 248 g/mol. The molecule has 0 saturated heterocycles. The molecule has 0 saturated carbocycles. The molecule has 0 bridgehead atoms. The van der Waals surface area contributed by atoms with Crippen molar-refractivity contribution in [3.63, 3.8) is 0 Å². The molecule has 0 aromatic heterocycles. The molecular weight excluding hydrogens is 228 g/mol. The van der Waals surface area contributed by atoms with Crippen LogP contribution >= 0.6 is 0 Å². The molecule has 1 N–H and O–H groups in total. The number of fused-ring (bicyclic) bond motifs is 1. The third-order valence-corrected chi connectivity index (χ3v) is 3.66. The molecule has 0 fully saturated rings. The van der Waals surface area contributed by atoms with Crippen molar-refractivity contribution in [3.05, 3.63) is 33.9 Å². The predicted molar refractivity (Wildman–Crippen MR) is 73.0 cm³/mol. The van der Waals surface area contributed by atoms with Gasteiger partial charge >= 0.3 is 0 Å². The highest BCUT2D eigenvalue weighted by atomic mass is 16.6. The summed E-state index contributed by atoms with van der Waals surface area (Å²) in [5, 5.41) is 14.3. The highest BCUT2D eigenvalue weighted by molar-refractivity contribution is 5.61. The maximum atomic E-state index is 10.8. The zero-order valence-electron chi connectivity index (χ0n) is 11.4. The smallest absolute Gasteiger partial charge is 0.271 e. The van der Waals surface area contributed by atoms with Gasteiger partial charge in [0, 0.05) is 23.4 Å². The molecule has 1 aromatic carbocycles. The van der Waals surface area contributed by atoms with Crippen molar-refractivity contribution in [2.24, 2.45) is 5.92 Å². The lowest BCUT2D eigenvalue weighted by Crippen LogP contribution is -2.38. The van der Waals surface area contributed by atoms with Gasteiger partial charge in [-0.15, -0.1) is 0 Å². The third kappa shape index (κ3) is 2.33. The number of nitro groups is 1. The number of anilines is 1. The summed E-state index contributed by atoms with van der Waals surface area (Å²) in [5.41, 5.74) is 2.26. The molecule has 98 valence electrons. The third-order valence-electron chi connectivity index (χ3n) is 3.66. The average molecular weight is 248 g/mol. The van der Waals surface area contributed by atoms with Gasteiger partial charge in [-0.05, 0) is 43.7 Å². The Morgan fingerprint density at radius 1 is 1.44 bits per heavy atom. The molecule has 1 atom stereocenters. The van der Waals surface area contributed by atoms with E-state index in [-0.39, 0.29) is 16.1 Å². The van der Waals surface area contributed by atoms with Gasteiger partial charge in [0.25, 0.3) is 5.69 Å². The molecule has 4 nitrogen and oxygen atoms in total. The first-order chi connectivity index (χ1) is 8.30. The van der Waals surface area contributed by atoms with E-state index in [0.29, 0.717) is 11.8 Å². The molecule has 0 radical (unpaired) electrons. The van der Waals surface area contributed by atoms with E-state index in [0.717, 1.165) is 12.1 Å². The Morgan fingerprint density at radius 3 is 2.67 bits per heavy atom. The minimum absolute atomic E-state index is 0.0167. The van der Waals surface area contributed by atoms with E-state index in [1.54, 1.807) is 12.1 Å². The first-order valence-corrected chi connectivity index (χ1v) is 6.37. The average Bonchev–Trinajstić information content (AvgIpc) is 2.25. The van der Waals surface area contributed by atoms with Crippen molar-refractivity contribution in [1.82, 2.24) is 0 Å². The molecule has 0 aliphatic carbocycles. The maximum absolute atomic E-state index is 10.8. The summed E-state index contributed by atoms with van der Waals surface area (Å²) in [6.07, 6.45) is 1.05. The zero-order valence-corrected chi connectivity index (χ0v) is 11.4. The first-order valence-electron chi connectivity index (χ1n) is 6.37. The predicted octanol–water partition coefficient (Wildman–Crippen LogP) is 3.93. The van der Waals surface area contributed by atoms with Crippen LogP contribution in [-0.2, 0) is 0 Å². The number of rotatable bonds is 2. The fraction of sp³-hybridized carbons (Fsp3) is 0.571. The molecule has 1 aliphatic heterocycles. The fourth-order valence-electron chi connectivity index (χ4n) is 2.76. The number of hydrogen-bond donors (Lipinski definition) is 1. The van der Waals surface area contributed by atoms with Crippen molar-refractivity contribution in [2.75, 3.05) is 5.32 Å². The molecule has 0 spiro atoms. The molecule has 1 unspecified atom stereocenters. The minimum atomic E-state index is -0.339. The number of nitrogens with one attached hydrogen (secondary N) is 1. The van der Waals surface area contributed by atoms with E-state index in [4.69, 9.17) is 0 Å². The van der Waals surface area contributed by atoms with E-state index in [9.17, 15) is 10.1 Å². The quantitative estimate of drug-likeness (QED) is 0.637. The topological polar surface area (TPSA) is 55.2 Å². The number of hydrogen-bond acceptors (Lipinski definition) is 3. The van der Waals surface area contributed by atoms with Gasteiger partial charge in [0.15, 0.2) is 0 Å². The van der Waals surface area contributed by atoms with E-state index in [2.05, 4.69) is 33.0 Å². The van der Waals surface area contributed by atoms with Gasteiger partial charge in [-0.25, -0.2) is 0 Å². The van der Waals surface area contributed by atoms with E-state index < -0.39 is 0 Å². The van der Waals surface area contributed by atoms with E-state index in [1.807, 2.05) is 6.07 Å². The lowest BCUT2D eigenvalue weighted by Gasteiger charge is -2.40. The molecule has 1 aromatic rings. The van der Waals surface area contributed by atoms with Crippen molar-refractivity contribution in [2.45, 2.75) is 45.6 Å². The highest BCUT2D eigenvalue weighted by Gasteiger charge is 2.33. The van der Waals surface area contributed by atoms with Crippen LogP contribution in [0, 0.1) is 16.0 Å². The van der Waals surface area contributed by atoms with Crippen molar-refractivity contribution >= 4 is 11.4 Å². The summed E-state index contributed by atoms with van der Waals surface area (Å²) in [6, 6.07) is 5.17. The van der Waals surface area contributed by atoms with Crippen LogP contribution in [0.15, 0.2) is 18.2 Å². The Kier molecular flexibility index (Phi) is 3.05. The normalized spacial score (nSPS) is 21.3. The number of benzene rings is 1. The second-order valence-corrected chi connectivity index (χ2v) is 6.09. The van der Waals surface area contributed by atoms with Gasteiger partial charge in [-0.2, -0.15) is 0 Å². The van der Waals surface area contributed by atoms with Crippen LogP contribution in [0.1, 0.15) is 45.6 Å². The zero-order chi connectivity index (χ0) is 13.5. The summed E-state index contributed by atoms with van der Waals surface area (Å²) < 4.78 is 0. The van der Waals surface area contributed by atoms with Gasteiger partial charge in [-0.1, -0.05) is 13.8 Å². The Bertz CT molecular complexity index is 481. The Morgan fingerprint density at radius 2 is 2.11 bits per heavy atom. The van der Waals surface area contributed by atoms with Gasteiger partial charge in [0.2, 0.25) is 0 Å². The Hall–Kier alpha value is -1.58. The second kappa shape index (κ2) is 4.26. The Labute approximate surface area is 108 Å². The van der Waals surface area contributed by atoms with Crippen molar-refractivity contribution in [1.29, 1.82) is 0 Å². The van der Waals surface area contributed by atoms with Crippen LogP contribution in [0.2, 0.25) is 0 Å². The summed E-state index contributed by atoms with van der Waals surface area (Å²) in [6.45, 7) is 8.70. The molecule has 4 heteroatoms. The van der Waals surface area contributed by atoms with E-state index in [1.165, 1.54) is 5.56 Å². The number of nitro benzene ring substituents is 1. The lowest BCUT2D eigenvalue weighted by atomic mass is 9.75. The molecule has 18 heavy (non-hydrogen) atoms. The van der Waals surface area contributed by atoms with Crippen molar-refractivity contribution in [3.8, 4) is 0 Å². The summed E-state index contributed by atoms with van der Waals surface area (Å²) in [7, 11) is 0. The summed E-state index contributed by atoms with van der Waals surface area (Å²) in [5.74, 6) is 0.989. The van der Waals surface area contributed by atoms with Gasteiger partial charge in [-0.3, -0.25) is 10.1 Å². The lowest BCUT2D eigenvalue weighted by molar-refractivity contribution is -0.384. The SMILES string of the molecule is CC(C)C1CC(C)(C)Nc2cc([N+](=O)[O-])ccc21. The number of non-ortho nitro benzene ring substituents is 1. The van der Waals surface area contributed by atoms with Crippen LogP contribution in [0.3, 0.4) is 0 Å². The van der Waals surface area contributed by atoms with Gasteiger partial charge in [0.1, 0.15) is 0 Å². The number of nitrogens with zero attached hydrogens (tertiary/aromatic N) is 1. The van der Waals surface area contributed by atoms with Gasteiger partial charge in [0.05, 0.1) is 4.92 Å². The fourth-order valence-corrected chi connectivity index (χ4v) is 2.76. The van der Waals surface area contributed by atoms with Crippen LogP contribution in [0.5, 0.6) is 0 Å². The largest absolute Gasteiger partial charge is 0.380 e. The van der Waals surface area contributed by atoms with Crippen LogP contribution in [0.4, 0.5) is 11.4 Å². The van der Waals surface area contributed by atoms with Crippen LogP contribution in [0.25, 0.3) is 0 Å². The van der Waals surface area contributed by atoms with Crippen molar-refractivity contribution < 1.29 is 4.92 Å². The summed E-state index contributed by atoms with van der Waals surface area (Å²) >= 11 is 0. The molecular formula is C14H20N2O2. The minimum Gasteiger partial charge on any atom is -0.380 e. The first kappa shape index (κ1) is 12.9. The maximum Gasteiger partial charge on any atom is 0.271 e. The Balaban J connectivity index is 2.49. The van der Waals surface area contributed by atoms with E-state index >= 15 is 0 Å². The van der Waals surface area contributed by atoms with Crippen LogP contribution < -0.4 is 5.32 Å². The summed E-state index contributed by atoms with van der Waals surface area (Å²) in [4.78, 5) is 10.5. The molecule has 2 rings (SSSR count). The standard InChI is InChI=1S/C14H20N2O2/c1-9(2)12-8-14(3,4)15-13-7-10(16(17)18)5-6-11(12)13/h5-7,9,12,15H,8H2,1-4H3. The molecule has 1 aliphatic rings. The highest BCUT2D eigenvalue weighted by Crippen LogP contribution is 2.43. The molecule has 0 amide bonds. The van der Waals surface area contributed by atoms with Crippen LogP contribution in [-0.4, -0.2) is 10.5 Å².